The summed E-state index contributed by atoms with van der Waals surface area (Å²) in [5.74, 6) is 1.71. The minimum absolute atomic E-state index is 0.845. The first-order valence-electron chi connectivity index (χ1n) is 22.4. The first-order chi connectivity index (χ1) is 32.7. The number of fused-ring (bicyclic) bond motifs is 7. The smallest absolute Gasteiger partial charge is 0.159 e. The molecule has 11 aromatic carbocycles. The molecule has 4 nitrogen and oxygen atoms in total. The first-order valence-corrected chi connectivity index (χ1v) is 22.4. The van der Waals surface area contributed by atoms with Crippen molar-refractivity contribution in [2.45, 2.75) is 0 Å². The van der Waals surface area contributed by atoms with E-state index in [0.29, 0.717) is 0 Å². The molecule has 1 aliphatic heterocycles. The predicted octanol–water partition coefficient (Wildman–Crippen LogP) is 17.9. The molecule has 66 heavy (non-hydrogen) atoms. The third-order valence-corrected chi connectivity index (χ3v) is 13.0. The van der Waals surface area contributed by atoms with E-state index in [1.165, 1.54) is 21.7 Å². The summed E-state index contributed by atoms with van der Waals surface area (Å²) in [6, 6.07) is 86.1. The minimum atomic E-state index is 0.845. The Bertz CT molecular complexity index is 3750. The highest BCUT2D eigenvalue weighted by Crippen LogP contribution is 2.51. The number of ether oxygens (including phenoxy) is 1. The highest BCUT2D eigenvalue weighted by Gasteiger charge is 2.25. The summed E-state index contributed by atoms with van der Waals surface area (Å²) < 4.78 is 13.5. The van der Waals surface area contributed by atoms with Crippen LogP contribution < -0.4 is 14.5 Å². The molecule has 2 heterocycles. The summed E-state index contributed by atoms with van der Waals surface area (Å²) in [5, 5.41) is 6.88. The van der Waals surface area contributed by atoms with Gasteiger partial charge in [0, 0.05) is 56.1 Å². The molecule has 4 heteroatoms. The molecule has 0 unspecified atom stereocenters. The zero-order valence-corrected chi connectivity index (χ0v) is 35.8. The van der Waals surface area contributed by atoms with Gasteiger partial charge in [-0.05, 0) is 123 Å². The summed E-state index contributed by atoms with van der Waals surface area (Å²) in [7, 11) is 0. The van der Waals surface area contributed by atoms with E-state index in [-0.39, 0.29) is 0 Å². The number of benzene rings is 11. The average molecular weight is 845 g/mol. The van der Waals surface area contributed by atoms with E-state index in [0.717, 1.165) is 101 Å². The number of para-hydroxylation sites is 5. The van der Waals surface area contributed by atoms with Crippen LogP contribution in [0.4, 0.5) is 34.1 Å². The van der Waals surface area contributed by atoms with Crippen molar-refractivity contribution in [2.24, 2.45) is 0 Å². The van der Waals surface area contributed by atoms with Crippen LogP contribution in [-0.2, 0) is 0 Å². The van der Waals surface area contributed by atoms with E-state index >= 15 is 0 Å². The number of hydrogen-bond acceptors (Lipinski definition) is 4. The third-order valence-electron chi connectivity index (χ3n) is 13.0. The molecule has 1 aliphatic rings. The second-order valence-electron chi connectivity index (χ2n) is 16.8. The van der Waals surface area contributed by atoms with Gasteiger partial charge >= 0.3 is 0 Å². The van der Waals surface area contributed by atoms with Crippen LogP contribution in [0.5, 0.6) is 11.5 Å². The summed E-state index contributed by atoms with van der Waals surface area (Å²) in [6.07, 6.45) is 0. The Morgan fingerprint density at radius 1 is 0.303 bits per heavy atom. The standard InChI is InChI=1S/C62H40N2O2/c1-4-16-42(17-5-1)49-22-10-12-26-56(49)64(57-27-14-25-53-50-23-11-13-28-58(50)66-62(53)57)47-34-32-41(33-35-47)43-30-31-44-39-55-51-37-36-48(63(45-18-6-2-7-19-45)46-20-8-3-9-21-46)40-60(51)65-59-29-15-24-52(61(55)59)54(44)38-43/h1-40H. The predicted molar refractivity (Wildman–Crippen MR) is 274 cm³/mol. The molecule has 0 fully saturated rings. The fraction of sp³-hybridized carbons (Fsp3) is 0. The monoisotopic (exact) mass is 844 g/mol. The van der Waals surface area contributed by atoms with Gasteiger partial charge in [-0.15, -0.1) is 0 Å². The lowest BCUT2D eigenvalue weighted by atomic mass is 9.89. The van der Waals surface area contributed by atoms with Gasteiger partial charge in [0.25, 0.3) is 0 Å². The van der Waals surface area contributed by atoms with Gasteiger partial charge in [-0.1, -0.05) is 152 Å². The molecular weight excluding hydrogens is 805 g/mol. The molecule has 13 rings (SSSR count). The van der Waals surface area contributed by atoms with Crippen LogP contribution in [0.2, 0.25) is 0 Å². The Hall–Kier alpha value is -8.86. The third kappa shape index (κ3) is 6.22. The van der Waals surface area contributed by atoms with Crippen molar-refractivity contribution in [1.82, 2.24) is 0 Å². The largest absolute Gasteiger partial charge is 0.456 e. The average Bonchev–Trinajstić information content (AvgIpc) is 3.77. The number of nitrogens with zero attached hydrogens (tertiary/aromatic N) is 2. The van der Waals surface area contributed by atoms with Crippen molar-refractivity contribution in [2.75, 3.05) is 9.80 Å². The van der Waals surface area contributed by atoms with Gasteiger partial charge < -0.3 is 19.0 Å². The molecule has 0 bridgehead atoms. The fourth-order valence-corrected chi connectivity index (χ4v) is 9.98. The van der Waals surface area contributed by atoms with E-state index in [1.54, 1.807) is 0 Å². The van der Waals surface area contributed by atoms with Crippen LogP contribution in [-0.4, -0.2) is 0 Å². The molecular formula is C62H40N2O2. The maximum absolute atomic E-state index is 6.83. The van der Waals surface area contributed by atoms with Crippen molar-refractivity contribution in [3.63, 3.8) is 0 Å². The van der Waals surface area contributed by atoms with E-state index in [4.69, 9.17) is 9.15 Å². The summed E-state index contributed by atoms with van der Waals surface area (Å²) in [4.78, 5) is 4.62. The summed E-state index contributed by atoms with van der Waals surface area (Å²) in [6.45, 7) is 0. The Balaban J connectivity index is 0.902. The molecule has 0 atom stereocenters. The van der Waals surface area contributed by atoms with Gasteiger partial charge in [0.15, 0.2) is 5.58 Å². The maximum Gasteiger partial charge on any atom is 0.159 e. The molecule has 1 aromatic heterocycles. The van der Waals surface area contributed by atoms with Crippen LogP contribution in [0, 0.1) is 0 Å². The normalized spacial score (nSPS) is 11.8. The van der Waals surface area contributed by atoms with Crippen LogP contribution in [0.15, 0.2) is 247 Å². The van der Waals surface area contributed by atoms with Gasteiger partial charge in [-0.3, -0.25) is 0 Å². The van der Waals surface area contributed by atoms with Crippen molar-refractivity contribution < 1.29 is 9.15 Å². The Morgan fingerprint density at radius 2 is 0.924 bits per heavy atom. The molecule has 310 valence electrons. The molecule has 0 N–H and O–H groups in total. The second kappa shape index (κ2) is 15.4. The Morgan fingerprint density at radius 3 is 1.73 bits per heavy atom. The van der Waals surface area contributed by atoms with Crippen LogP contribution >= 0.6 is 0 Å². The Labute approximate surface area is 382 Å². The lowest BCUT2D eigenvalue weighted by molar-refractivity contribution is 0.487. The lowest BCUT2D eigenvalue weighted by Crippen LogP contribution is -2.11. The van der Waals surface area contributed by atoms with E-state index in [9.17, 15) is 0 Å². The zero-order chi connectivity index (χ0) is 43.6. The first kappa shape index (κ1) is 37.7. The number of hydrogen-bond donors (Lipinski definition) is 0. The minimum Gasteiger partial charge on any atom is -0.456 e. The molecule has 0 amide bonds. The highest BCUT2D eigenvalue weighted by atomic mass is 16.5. The molecule has 0 radical (unpaired) electrons. The second-order valence-corrected chi connectivity index (χ2v) is 16.8. The van der Waals surface area contributed by atoms with Gasteiger partial charge in [0.05, 0.1) is 11.4 Å². The molecule has 0 saturated carbocycles. The quantitative estimate of drug-likeness (QED) is 0.143. The number of anilines is 6. The van der Waals surface area contributed by atoms with Gasteiger partial charge in [-0.2, -0.15) is 0 Å². The van der Waals surface area contributed by atoms with Crippen LogP contribution in [0.1, 0.15) is 0 Å². The topological polar surface area (TPSA) is 28.9 Å². The zero-order valence-electron chi connectivity index (χ0n) is 35.8. The van der Waals surface area contributed by atoms with Crippen molar-refractivity contribution in [3.8, 4) is 44.9 Å². The van der Waals surface area contributed by atoms with E-state index in [1.807, 2.05) is 12.1 Å². The molecule has 0 spiro atoms. The van der Waals surface area contributed by atoms with Gasteiger partial charge in [0.1, 0.15) is 17.1 Å². The van der Waals surface area contributed by atoms with Gasteiger partial charge in [0.2, 0.25) is 0 Å². The number of rotatable bonds is 8. The van der Waals surface area contributed by atoms with Crippen molar-refractivity contribution >= 4 is 77.6 Å². The summed E-state index contributed by atoms with van der Waals surface area (Å²) in [5.41, 5.74) is 14.9. The summed E-state index contributed by atoms with van der Waals surface area (Å²) >= 11 is 0. The molecule has 12 aromatic rings. The van der Waals surface area contributed by atoms with E-state index < -0.39 is 0 Å². The lowest BCUT2D eigenvalue weighted by Gasteiger charge is -2.28. The van der Waals surface area contributed by atoms with Crippen molar-refractivity contribution in [3.05, 3.63) is 243 Å². The van der Waals surface area contributed by atoms with E-state index in [2.05, 4.69) is 240 Å². The fourth-order valence-electron chi connectivity index (χ4n) is 9.98. The maximum atomic E-state index is 6.83. The molecule has 0 aliphatic carbocycles. The SMILES string of the molecule is c1ccc(-c2ccccc2N(c2ccc(-c3ccc4cc5c6c(cccc6c4c3)Oc3cc(N(c4ccccc4)c4ccccc4)ccc3-5)cc2)c2cccc3c2oc2ccccc23)cc1. The van der Waals surface area contributed by atoms with Gasteiger partial charge in [-0.25, -0.2) is 0 Å². The van der Waals surface area contributed by atoms with Crippen LogP contribution in [0.3, 0.4) is 0 Å². The molecule has 0 saturated heterocycles. The highest BCUT2D eigenvalue weighted by molar-refractivity contribution is 6.18. The number of furan rings is 1. The Kier molecular flexibility index (Phi) is 8.81. The van der Waals surface area contributed by atoms with Crippen molar-refractivity contribution in [1.29, 1.82) is 0 Å². The van der Waals surface area contributed by atoms with Crippen LogP contribution in [0.25, 0.3) is 76.9 Å².